The summed E-state index contributed by atoms with van der Waals surface area (Å²) in [4.78, 5) is 32.8. The van der Waals surface area contributed by atoms with Crippen LogP contribution in [0.1, 0.15) is 30.0 Å². The number of nitrogens with zero attached hydrogens (tertiary/aromatic N) is 3. The predicted octanol–water partition coefficient (Wildman–Crippen LogP) is 3.31. The molecule has 0 aromatic heterocycles. The molecule has 2 aromatic carbocycles. The highest BCUT2D eigenvalue weighted by Crippen LogP contribution is 2.34. The summed E-state index contributed by atoms with van der Waals surface area (Å²) in [5.41, 5.74) is 3.87. The van der Waals surface area contributed by atoms with Crippen LogP contribution in [0.25, 0.3) is 5.57 Å². The quantitative estimate of drug-likeness (QED) is 0.627. The monoisotopic (exact) mass is 433 g/mol. The molecule has 6 nitrogen and oxygen atoms in total. The van der Waals surface area contributed by atoms with Crippen LogP contribution in [0.4, 0.5) is 0 Å². The van der Waals surface area contributed by atoms with E-state index in [9.17, 15) is 9.59 Å². The molecule has 0 spiro atoms. The van der Waals surface area contributed by atoms with Crippen molar-refractivity contribution in [2.24, 2.45) is 0 Å². The lowest BCUT2D eigenvalue weighted by molar-refractivity contribution is -0.138. The van der Waals surface area contributed by atoms with Crippen molar-refractivity contribution in [3.05, 3.63) is 70.9 Å². The van der Waals surface area contributed by atoms with Gasteiger partial charge in [-0.15, -0.1) is 0 Å². The van der Waals surface area contributed by atoms with E-state index >= 15 is 0 Å². The predicted molar refractivity (Wildman–Crippen MR) is 125 cm³/mol. The molecule has 0 saturated carbocycles. The lowest BCUT2D eigenvalue weighted by Gasteiger charge is -2.34. The first-order valence-electron chi connectivity index (χ1n) is 11.3. The van der Waals surface area contributed by atoms with Crippen LogP contribution in [-0.4, -0.2) is 66.3 Å². The van der Waals surface area contributed by atoms with E-state index in [4.69, 9.17) is 4.74 Å². The minimum absolute atomic E-state index is 0.207. The largest absolute Gasteiger partial charge is 0.494 e. The molecule has 0 unspecified atom stereocenters. The van der Waals surface area contributed by atoms with Crippen LogP contribution in [0, 0.1) is 6.92 Å². The first-order valence-corrected chi connectivity index (χ1v) is 11.3. The number of piperazine rings is 1. The van der Waals surface area contributed by atoms with Crippen LogP contribution in [-0.2, 0) is 16.1 Å². The molecule has 0 bridgehead atoms. The van der Waals surface area contributed by atoms with Gasteiger partial charge in [0.05, 0.1) is 18.7 Å². The number of aryl methyl sites for hydroxylation is 1. The molecule has 0 N–H and O–H groups in total. The average molecular weight is 434 g/mol. The summed E-state index contributed by atoms with van der Waals surface area (Å²) in [6.07, 6.45) is 0.932. The first kappa shape index (κ1) is 22.1. The lowest BCUT2D eigenvalue weighted by atomic mass is 10.0. The molecule has 0 atom stereocenters. The summed E-state index contributed by atoms with van der Waals surface area (Å²) >= 11 is 0. The van der Waals surface area contributed by atoms with Crippen LogP contribution in [0.5, 0.6) is 5.75 Å². The zero-order chi connectivity index (χ0) is 22.7. The Kier molecular flexibility index (Phi) is 6.61. The van der Waals surface area contributed by atoms with Crippen LogP contribution >= 0.6 is 0 Å². The van der Waals surface area contributed by atoms with Crippen molar-refractivity contribution in [2.75, 3.05) is 39.8 Å². The van der Waals surface area contributed by atoms with Crippen LogP contribution < -0.4 is 4.74 Å². The van der Waals surface area contributed by atoms with Crippen molar-refractivity contribution in [3.8, 4) is 5.75 Å². The molecule has 4 rings (SSSR count). The first-order chi connectivity index (χ1) is 15.5. The third kappa shape index (κ3) is 4.55. The number of hydrogen-bond acceptors (Lipinski definition) is 5. The Morgan fingerprint density at radius 2 is 1.53 bits per heavy atom. The third-order valence-electron chi connectivity index (χ3n) is 6.04. The van der Waals surface area contributed by atoms with Crippen molar-refractivity contribution in [1.29, 1.82) is 0 Å². The number of imide groups is 1. The van der Waals surface area contributed by atoms with Gasteiger partial charge in [-0.25, -0.2) is 0 Å². The average Bonchev–Trinajstić information content (AvgIpc) is 3.05. The molecule has 2 aliphatic heterocycles. The topological polar surface area (TPSA) is 53.1 Å². The smallest absolute Gasteiger partial charge is 0.278 e. The summed E-state index contributed by atoms with van der Waals surface area (Å²) in [5.74, 6) is 0.332. The molecule has 1 saturated heterocycles. The van der Waals surface area contributed by atoms with E-state index in [-0.39, 0.29) is 18.4 Å². The molecule has 168 valence electrons. The van der Waals surface area contributed by atoms with Gasteiger partial charge in [0.2, 0.25) is 0 Å². The number of amides is 2. The molecule has 2 amide bonds. The molecule has 0 aliphatic carbocycles. The highest BCUT2D eigenvalue weighted by molar-refractivity contribution is 6.35. The van der Waals surface area contributed by atoms with Gasteiger partial charge in [-0.3, -0.25) is 14.5 Å². The molecule has 2 aliphatic rings. The Labute approximate surface area is 190 Å². The van der Waals surface area contributed by atoms with Gasteiger partial charge in [-0.2, -0.15) is 0 Å². The molecule has 2 heterocycles. The second kappa shape index (κ2) is 9.57. The van der Waals surface area contributed by atoms with Gasteiger partial charge in [0, 0.05) is 26.2 Å². The number of carbonyl (C=O) groups is 2. The van der Waals surface area contributed by atoms with E-state index in [1.165, 1.54) is 4.90 Å². The standard InChI is InChI=1S/C26H31N3O3/c1-4-17-32-22-11-9-21(10-12-22)23-24(28-15-13-27(3)14-16-28)26(31)29(25(23)30)18-20-7-5-19(2)6-8-20/h5-12H,4,13-18H2,1-3H3. The third-order valence-corrected chi connectivity index (χ3v) is 6.04. The molecule has 6 heteroatoms. The van der Waals surface area contributed by atoms with Crippen LogP contribution in [0.15, 0.2) is 54.2 Å². The van der Waals surface area contributed by atoms with E-state index in [0.717, 1.165) is 55.0 Å². The van der Waals surface area contributed by atoms with Gasteiger partial charge in [0.25, 0.3) is 11.8 Å². The minimum atomic E-state index is -0.230. The maximum atomic E-state index is 13.5. The SMILES string of the molecule is CCCOc1ccc(C2=C(N3CCN(C)CC3)C(=O)N(Cc3ccc(C)cc3)C2=O)cc1. The van der Waals surface area contributed by atoms with Gasteiger partial charge in [0.15, 0.2) is 0 Å². The van der Waals surface area contributed by atoms with Gasteiger partial charge in [0.1, 0.15) is 11.4 Å². The van der Waals surface area contributed by atoms with E-state index in [1.54, 1.807) is 0 Å². The van der Waals surface area contributed by atoms with Crippen molar-refractivity contribution >= 4 is 17.4 Å². The summed E-state index contributed by atoms with van der Waals surface area (Å²) in [7, 11) is 2.08. The lowest BCUT2D eigenvalue weighted by Crippen LogP contribution is -2.46. The Balaban J connectivity index is 1.67. The van der Waals surface area contributed by atoms with Crippen molar-refractivity contribution in [2.45, 2.75) is 26.8 Å². The zero-order valence-electron chi connectivity index (χ0n) is 19.1. The van der Waals surface area contributed by atoms with Crippen LogP contribution in [0.2, 0.25) is 0 Å². The molecular weight excluding hydrogens is 402 g/mol. The fraction of sp³-hybridized carbons (Fsp3) is 0.385. The van der Waals surface area contributed by atoms with Gasteiger partial charge >= 0.3 is 0 Å². The zero-order valence-corrected chi connectivity index (χ0v) is 19.1. The number of hydrogen-bond donors (Lipinski definition) is 0. The van der Waals surface area contributed by atoms with Crippen molar-refractivity contribution in [3.63, 3.8) is 0 Å². The fourth-order valence-electron chi connectivity index (χ4n) is 4.10. The number of benzene rings is 2. The number of ether oxygens (including phenoxy) is 1. The summed E-state index contributed by atoms with van der Waals surface area (Å²) in [6, 6.07) is 15.5. The maximum Gasteiger partial charge on any atom is 0.278 e. The van der Waals surface area contributed by atoms with Crippen molar-refractivity contribution < 1.29 is 14.3 Å². The summed E-state index contributed by atoms with van der Waals surface area (Å²) in [6.45, 7) is 8.18. The summed E-state index contributed by atoms with van der Waals surface area (Å²) < 4.78 is 5.69. The molecule has 2 aromatic rings. The van der Waals surface area contributed by atoms with Gasteiger partial charge in [-0.05, 0) is 43.7 Å². The minimum Gasteiger partial charge on any atom is -0.494 e. The normalized spacial score (nSPS) is 17.5. The number of rotatable bonds is 7. The number of likely N-dealkylation sites (N-methyl/N-ethyl adjacent to an activating group) is 1. The Morgan fingerprint density at radius 3 is 2.16 bits per heavy atom. The molecule has 32 heavy (non-hydrogen) atoms. The fourth-order valence-corrected chi connectivity index (χ4v) is 4.10. The van der Waals surface area contributed by atoms with E-state index < -0.39 is 0 Å². The second-order valence-corrected chi connectivity index (χ2v) is 8.57. The molecule has 0 radical (unpaired) electrons. The van der Waals surface area contributed by atoms with Gasteiger partial charge in [-0.1, -0.05) is 48.9 Å². The Hall–Kier alpha value is -3.12. The summed E-state index contributed by atoms with van der Waals surface area (Å²) in [5, 5.41) is 0. The Bertz CT molecular complexity index is 1000. The van der Waals surface area contributed by atoms with E-state index in [2.05, 4.69) is 23.8 Å². The second-order valence-electron chi connectivity index (χ2n) is 8.57. The van der Waals surface area contributed by atoms with Gasteiger partial charge < -0.3 is 14.5 Å². The van der Waals surface area contributed by atoms with E-state index in [1.807, 2.05) is 55.5 Å². The maximum absolute atomic E-state index is 13.5. The Morgan fingerprint density at radius 1 is 0.875 bits per heavy atom. The number of carbonyl (C=O) groups excluding carboxylic acids is 2. The van der Waals surface area contributed by atoms with Crippen LogP contribution in [0.3, 0.4) is 0 Å². The van der Waals surface area contributed by atoms with Crippen molar-refractivity contribution in [1.82, 2.24) is 14.7 Å². The highest BCUT2D eigenvalue weighted by atomic mass is 16.5. The van der Waals surface area contributed by atoms with E-state index in [0.29, 0.717) is 17.9 Å². The molecular formula is C26H31N3O3. The molecule has 1 fully saturated rings. The highest BCUT2D eigenvalue weighted by Gasteiger charge is 2.42.